The van der Waals surface area contributed by atoms with Crippen LogP contribution in [0.1, 0.15) is 11.1 Å². The van der Waals surface area contributed by atoms with Gasteiger partial charge in [-0.25, -0.2) is 4.98 Å². The SMILES string of the molecule is N#Cc1c(-c2ccc(Br)cc2)nc(-c2ccc(Br)cc2)c(C#N)c1-c1ccccc1. The summed E-state index contributed by atoms with van der Waals surface area (Å²) in [5.41, 5.74) is 4.93. The first-order valence-corrected chi connectivity index (χ1v) is 10.7. The maximum Gasteiger partial charge on any atom is 0.102 e. The van der Waals surface area contributed by atoms with Crippen LogP contribution < -0.4 is 0 Å². The minimum atomic E-state index is 0.390. The van der Waals surface area contributed by atoms with Crippen LogP contribution in [0, 0.1) is 22.7 Å². The molecule has 5 heteroatoms. The average molecular weight is 515 g/mol. The summed E-state index contributed by atoms with van der Waals surface area (Å²) < 4.78 is 1.88. The highest BCUT2D eigenvalue weighted by Gasteiger charge is 2.23. The normalized spacial score (nSPS) is 10.3. The third kappa shape index (κ3) is 3.78. The molecule has 0 bridgehead atoms. The number of halogens is 2. The van der Waals surface area contributed by atoms with Gasteiger partial charge in [-0.2, -0.15) is 10.5 Å². The van der Waals surface area contributed by atoms with E-state index in [1.54, 1.807) is 0 Å². The summed E-state index contributed by atoms with van der Waals surface area (Å²) in [6.45, 7) is 0. The van der Waals surface area contributed by atoms with Gasteiger partial charge in [-0.15, -0.1) is 0 Å². The number of rotatable bonds is 3. The van der Waals surface area contributed by atoms with Crippen LogP contribution in [0.2, 0.25) is 0 Å². The largest absolute Gasteiger partial charge is 0.245 e. The van der Waals surface area contributed by atoms with E-state index in [1.807, 2.05) is 78.9 Å². The molecule has 142 valence electrons. The second-order valence-electron chi connectivity index (χ2n) is 6.54. The highest BCUT2D eigenvalue weighted by atomic mass is 79.9. The Hall–Kier alpha value is -3.25. The fourth-order valence-electron chi connectivity index (χ4n) is 3.33. The van der Waals surface area contributed by atoms with Crippen molar-refractivity contribution >= 4 is 31.9 Å². The van der Waals surface area contributed by atoms with Gasteiger partial charge in [0.1, 0.15) is 12.1 Å². The third-order valence-corrected chi connectivity index (χ3v) is 5.78. The molecule has 0 atom stereocenters. The molecule has 4 aromatic rings. The summed E-state index contributed by atoms with van der Waals surface area (Å²) in [6.07, 6.45) is 0. The van der Waals surface area contributed by atoms with Crippen molar-refractivity contribution in [3.05, 3.63) is 98.9 Å². The van der Waals surface area contributed by atoms with Gasteiger partial charge in [0, 0.05) is 25.6 Å². The van der Waals surface area contributed by atoms with Gasteiger partial charge < -0.3 is 0 Å². The zero-order chi connectivity index (χ0) is 21.1. The van der Waals surface area contributed by atoms with Crippen molar-refractivity contribution in [1.29, 1.82) is 10.5 Å². The number of benzene rings is 3. The molecule has 1 heterocycles. The number of pyridine rings is 1. The monoisotopic (exact) mass is 513 g/mol. The molecule has 0 spiro atoms. The lowest BCUT2D eigenvalue weighted by atomic mass is 9.90. The van der Waals surface area contributed by atoms with E-state index in [9.17, 15) is 10.5 Å². The van der Waals surface area contributed by atoms with E-state index in [4.69, 9.17) is 4.98 Å². The molecule has 3 aromatic carbocycles. The average Bonchev–Trinajstić information content (AvgIpc) is 2.79. The lowest BCUT2D eigenvalue weighted by Gasteiger charge is -2.16. The number of hydrogen-bond donors (Lipinski definition) is 0. The van der Waals surface area contributed by atoms with E-state index in [-0.39, 0.29) is 0 Å². The van der Waals surface area contributed by atoms with Crippen molar-refractivity contribution in [1.82, 2.24) is 4.98 Å². The summed E-state index contributed by atoms with van der Waals surface area (Å²) in [6, 6.07) is 29.5. The molecule has 0 saturated heterocycles. The topological polar surface area (TPSA) is 60.5 Å². The molecular formula is C25H13Br2N3. The maximum absolute atomic E-state index is 10.1. The van der Waals surface area contributed by atoms with Crippen molar-refractivity contribution in [3.63, 3.8) is 0 Å². The van der Waals surface area contributed by atoms with E-state index < -0.39 is 0 Å². The number of nitrogens with zero attached hydrogens (tertiary/aromatic N) is 3. The van der Waals surface area contributed by atoms with Gasteiger partial charge in [0.2, 0.25) is 0 Å². The summed E-state index contributed by atoms with van der Waals surface area (Å²) in [5.74, 6) is 0. The van der Waals surface area contributed by atoms with Crippen LogP contribution >= 0.6 is 31.9 Å². The Kier molecular flexibility index (Phi) is 5.77. The molecular weight excluding hydrogens is 502 g/mol. The lowest BCUT2D eigenvalue weighted by molar-refractivity contribution is 1.28. The molecule has 0 aliphatic rings. The first-order valence-electron chi connectivity index (χ1n) is 9.08. The summed E-state index contributed by atoms with van der Waals surface area (Å²) in [5, 5.41) is 20.2. The zero-order valence-corrected chi connectivity index (χ0v) is 18.8. The first-order chi connectivity index (χ1) is 14.6. The Bertz CT molecular complexity index is 1220. The molecule has 0 fully saturated rings. The van der Waals surface area contributed by atoms with Crippen molar-refractivity contribution in [2.45, 2.75) is 0 Å². The maximum atomic E-state index is 10.1. The van der Waals surface area contributed by atoms with Crippen LogP contribution in [0.4, 0.5) is 0 Å². The summed E-state index contributed by atoms with van der Waals surface area (Å²) in [4.78, 5) is 4.82. The number of aromatic nitrogens is 1. The minimum absolute atomic E-state index is 0.390. The third-order valence-electron chi connectivity index (χ3n) is 4.72. The van der Waals surface area contributed by atoms with E-state index >= 15 is 0 Å². The summed E-state index contributed by atoms with van der Waals surface area (Å²) in [7, 11) is 0. The predicted octanol–water partition coefficient (Wildman–Crippen LogP) is 7.35. The van der Waals surface area contributed by atoms with Gasteiger partial charge >= 0.3 is 0 Å². The van der Waals surface area contributed by atoms with Crippen LogP contribution in [-0.4, -0.2) is 4.98 Å². The van der Waals surface area contributed by atoms with Gasteiger partial charge in [-0.3, -0.25) is 0 Å². The number of nitriles is 2. The Balaban J connectivity index is 2.12. The highest BCUT2D eigenvalue weighted by Crippen LogP contribution is 2.38. The van der Waals surface area contributed by atoms with E-state index in [0.29, 0.717) is 28.1 Å². The first kappa shape index (κ1) is 20.0. The molecule has 0 N–H and O–H groups in total. The Morgan fingerprint density at radius 3 is 1.40 bits per heavy atom. The van der Waals surface area contributed by atoms with Crippen molar-refractivity contribution in [2.24, 2.45) is 0 Å². The Morgan fingerprint density at radius 1 is 0.567 bits per heavy atom. The van der Waals surface area contributed by atoms with Crippen molar-refractivity contribution in [2.75, 3.05) is 0 Å². The second-order valence-corrected chi connectivity index (χ2v) is 8.37. The molecule has 0 saturated carbocycles. The van der Waals surface area contributed by atoms with Crippen LogP contribution in [0.15, 0.2) is 87.8 Å². The van der Waals surface area contributed by atoms with Crippen LogP contribution in [0.3, 0.4) is 0 Å². The van der Waals surface area contributed by atoms with Gasteiger partial charge in [-0.1, -0.05) is 86.5 Å². The van der Waals surface area contributed by atoms with E-state index in [0.717, 1.165) is 25.6 Å². The molecule has 0 aliphatic carbocycles. The Morgan fingerprint density at radius 2 is 1.00 bits per heavy atom. The van der Waals surface area contributed by atoms with Gasteiger partial charge in [0.15, 0.2) is 0 Å². The second kappa shape index (κ2) is 8.63. The molecule has 30 heavy (non-hydrogen) atoms. The fraction of sp³-hybridized carbons (Fsp3) is 0. The summed E-state index contributed by atoms with van der Waals surface area (Å²) >= 11 is 6.91. The van der Waals surface area contributed by atoms with Crippen LogP contribution in [0.25, 0.3) is 33.6 Å². The fourth-order valence-corrected chi connectivity index (χ4v) is 3.86. The molecule has 1 aromatic heterocycles. The number of hydrogen-bond acceptors (Lipinski definition) is 3. The van der Waals surface area contributed by atoms with Gasteiger partial charge in [0.25, 0.3) is 0 Å². The molecule has 0 amide bonds. The molecule has 0 radical (unpaired) electrons. The molecule has 4 rings (SSSR count). The molecule has 0 unspecified atom stereocenters. The van der Waals surface area contributed by atoms with Crippen molar-refractivity contribution in [3.8, 4) is 45.8 Å². The lowest BCUT2D eigenvalue weighted by Crippen LogP contribution is -2.01. The zero-order valence-electron chi connectivity index (χ0n) is 15.6. The van der Waals surface area contributed by atoms with E-state index in [1.165, 1.54) is 0 Å². The standard InChI is InChI=1S/C25H13Br2N3/c26-19-10-6-17(7-11-19)24-21(14-28)23(16-4-2-1-3-5-16)22(15-29)25(30-24)18-8-12-20(27)13-9-18/h1-13H. The predicted molar refractivity (Wildman–Crippen MR) is 125 cm³/mol. The van der Waals surface area contributed by atoms with Crippen LogP contribution in [0.5, 0.6) is 0 Å². The Labute approximate surface area is 191 Å². The van der Waals surface area contributed by atoms with Crippen molar-refractivity contribution < 1.29 is 0 Å². The highest BCUT2D eigenvalue weighted by molar-refractivity contribution is 9.10. The van der Waals surface area contributed by atoms with Gasteiger partial charge in [0.05, 0.1) is 22.5 Å². The molecule has 3 nitrogen and oxygen atoms in total. The molecule has 0 aliphatic heterocycles. The smallest absolute Gasteiger partial charge is 0.102 e. The minimum Gasteiger partial charge on any atom is -0.245 e. The van der Waals surface area contributed by atoms with E-state index in [2.05, 4.69) is 44.0 Å². The van der Waals surface area contributed by atoms with Gasteiger partial charge in [-0.05, 0) is 29.8 Å². The quantitative estimate of drug-likeness (QED) is 0.287. The van der Waals surface area contributed by atoms with Crippen LogP contribution in [-0.2, 0) is 0 Å².